The van der Waals surface area contributed by atoms with Gasteiger partial charge in [0.25, 0.3) is 0 Å². The zero-order valence-corrected chi connectivity index (χ0v) is 19.2. The molecule has 10 N–H and O–H groups in total. The smallest absolute Gasteiger partial charge is 0.327 e. The van der Waals surface area contributed by atoms with Crippen LogP contribution in [0, 0.1) is 0 Å². The van der Waals surface area contributed by atoms with E-state index in [1.54, 1.807) is 6.26 Å². The van der Waals surface area contributed by atoms with Gasteiger partial charge in [-0.05, 0) is 24.9 Å². The van der Waals surface area contributed by atoms with Crippen molar-refractivity contribution in [3.05, 3.63) is 0 Å². The predicted octanol–water partition coefficient (Wildman–Crippen LogP) is -3.32. The standard InChI is InChI=1S/C17H30N6O7S2/c1-32-5-4-9(15(27)23-11(7-31)17(29)30)21-16(28)10(6-13(20)25)22-14(26)8(18)2-3-12(19)24/h8-11,31H,2-7,18H2,1H3,(H2,19,24)(H2,20,25)(H,21,28)(H,22,26)(H,23,27)(H,29,30). The number of carboxylic acid groups (broad SMARTS) is 1. The summed E-state index contributed by atoms with van der Waals surface area (Å²) in [6.45, 7) is 0. The molecule has 0 rings (SSSR count). The van der Waals surface area contributed by atoms with Gasteiger partial charge in [0.2, 0.25) is 29.5 Å². The number of nitrogens with two attached hydrogens (primary N) is 3. The Kier molecular flexibility index (Phi) is 14.1. The van der Waals surface area contributed by atoms with E-state index in [9.17, 15) is 28.8 Å². The largest absolute Gasteiger partial charge is 0.480 e. The molecular weight excluding hydrogens is 464 g/mol. The molecule has 182 valence electrons. The van der Waals surface area contributed by atoms with Crippen LogP contribution in [0.2, 0.25) is 0 Å². The third-order valence-electron chi connectivity index (χ3n) is 4.12. The second kappa shape index (κ2) is 15.3. The van der Waals surface area contributed by atoms with Crippen LogP contribution < -0.4 is 33.2 Å². The van der Waals surface area contributed by atoms with Crippen LogP contribution in [-0.4, -0.2) is 82.5 Å². The molecule has 0 aliphatic rings. The van der Waals surface area contributed by atoms with Crippen molar-refractivity contribution in [1.29, 1.82) is 0 Å². The zero-order valence-electron chi connectivity index (χ0n) is 17.5. The van der Waals surface area contributed by atoms with Crippen molar-refractivity contribution in [2.45, 2.75) is 49.9 Å². The van der Waals surface area contributed by atoms with E-state index in [0.717, 1.165) is 0 Å². The number of carboxylic acids is 1. The average molecular weight is 495 g/mol. The van der Waals surface area contributed by atoms with Crippen LogP contribution in [-0.2, 0) is 28.8 Å². The third-order valence-corrected chi connectivity index (χ3v) is 5.13. The van der Waals surface area contributed by atoms with Crippen LogP contribution in [0.15, 0.2) is 0 Å². The number of amides is 5. The number of hydrogen-bond acceptors (Lipinski definition) is 9. The topological polar surface area (TPSA) is 237 Å². The summed E-state index contributed by atoms with van der Waals surface area (Å²) in [5.74, 6) is -5.07. The van der Waals surface area contributed by atoms with Crippen LogP contribution in [0.1, 0.15) is 25.7 Å². The molecule has 0 heterocycles. The quantitative estimate of drug-likeness (QED) is 0.1000. The van der Waals surface area contributed by atoms with E-state index in [2.05, 4.69) is 28.6 Å². The third kappa shape index (κ3) is 11.8. The zero-order chi connectivity index (χ0) is 24.8. The van der Waals surface area contributed by atoms with Gasteiger partial charge in [-0.2, -0.15) is 24.4 Å². The van der Waals surface area contributed by atoms with Gasteiger partial charge in [0.05, 0.1) is 12.5 Å². The number of aliphatic carboxylic acids is 1. The van der Waals surface area contributed by atoms with Crippen molar-refractivity contribution in [3.63, 3.8) is 0 Å². The van der Waals surface area contributed by atoms with Gasteiger partial charge < -0.3 is 38.3 Å². The van der Waals surface area contributed by atoms with Gasteiger partial charge in [-0.3, -0.25) is 24.0 Å². The van der Waals surface area contributed by atoms with E-state index < -0.39 is 66.1 Å². The molecule has 0 aromatic rings. The van der Waals surface area contributed by atoms with Gasteiger partial charge in [0.1, 0.15) is 18.1 Å². The highest BCUT2D eigenvalue weighted by Gasteiger charge is 2.30. The monoisotopic (exact) mass is 494 g/mol. The summed E-state index contributed by atoms with van der Waals surface area (Å²) in [6.07, 6.45) is 1.10. The molecule has 0 bridgehead atoms. The fraction of sp³-hybridized carbons (Fsp3) is 0.647. The highest BCUT2D eigenvalue weighted by Crippen LogP contribution is 2.05. The molecule has 0 fully saturated rings. The van der Waals surface area contributed by atoms with Crippen LogP contribution in [0.25, 0.3) is 0 Å². The first-order valence-electron chi connectivity index (χ1n) is 9.48. The van der Waals surface area contributed by atoms with Gasteiger partial charge in [0.15, 0.2) is 0 Å². The van der Waals surface area contributed by atoms with Gasteiger partial charge in [-0.25, -0.2) is 4.79 Å². The van der Waals surface area contributed by atoms with Crippen molar-refractivity contribution >= 4 is 59.9 Å². The lowest BCUT2D eigenvalue weighted by atomic mass is 10.1. The first kappa shape index (κ1) is 29.5. The maximum atomic E-state index is 12.7. The van der Waals surface area contributed by atoms with Gasteiger partial charge in [0, 0.05) is 12.2 Å². The molecule has 4 unspecified atom stereocenters. The number of carbonyl (C=O) groups excluding carboxylic acids is 5. The lowest BCUT2D eigenvalue weighted by Gasteiger charge is -2.24. The first-order valence-corrected chi connectivity index (χ1v) is 11.5. The molecule has 0 radical (unpaired) electrons. The molecule has 0 aliphatic heterocycles. The van der Waals surface area contributed by atoms with Crippen molar-refractivity contribution in [2.24, 2.45) is 17.2 Å². The van der Waals surface area contributed by atoms with Crippen molar-refractivity contribution in [1.82, 2.24) is 16.0 Å². The molecule has 4 atom stereocenters. The average Bonchev–Trinajstić information content (AvgIpc) is 2.71. The molecule has 0 saturated heterocycles. The number of primary amides is 2. The summed E-state index contributed by atoms with van der Waals surface area (Å²) in [5.41, 5.74) is 15.8. The predicted molar refractivity (Wildman–Crippen MR) is 120 cm³/mol. The normalized spacial score (nSPS) is 14.3. The summed E-state index contributed by atoms with van der Waals surface area (Å²) in [5, 5.41) is 16.0. The van der Waals surface area contributed by atoms with E-state index in [1.807, 2.05) is 0 Å². The molecule has 0 spiro atoms. The summed E-state index contributed by atoms with van der Waals surface area (Å²) in [6, 6.07) is -5.03. The van der Waals surface area contributed by atoms with Crippen LogP contribution in [0.4, 0.5) is 0 Å². The molecule has 0 aliphatic carbocycles. The first-order chi connectivity index (χ1) is 14.9. The van der Waals surface area contributed by atoms with E-state index in [-0.39, 0.29) is 25.0 Å². The lowest BCUT2D eigenvalue weighted by Crippen LogP contribution is -2.58. The number of carbonyl (C=O) groups is 6. The number of nitrogens with one attached hydrogen (secondary N) is 3. The second-order valence-electron chi connectivity index (χ2n) is 6.77. The van der Waals surface area contributed by atoms with Gasteiger partial charge in [-0.1, -0.05) is 0 Å². The Bertz CT molecular complexity index is 709. The molecule has 0 aromatic heterocycles. The number of hydrogen-bond donors (Lipinski definition) is 8. The molecule has 0 aromatic carbocycles. The Hall–Kier alpha value is -2.52. The van der Waals surface area contributed by atoms with E-state index in [0.29, 0.717) is 5.75 Å². The fourth-order valence-electron chi connectivity index (χ4n) is 2.35. The minimum atomic E-state index is -1.44. The molecule has 13 nitrogen and oxygen atoms in total. The van der Waals surface area contributed by atoms with Gasteiger partial charge in [-0.15, -0.1) is 0 Å². The molecule has 0 saturated carbocycles. The SMILES string of the molecule is CSCCC(NC(=O)C(CC(N)=O)NC(=O)C(N)CCC(N)=O)C(=O)NC(CS)C(=O)O. The summed E-state index contributed by atoms with van der Waals surface area (Å²) < 4.78 is 0. The minimum absolute atomic E-state index is 0.0782. The van der Waals surface area contributed by atoms with Crippen LogP contribution >= 0.6 is 24.4 Å². The maximum Gasteiger partial charge on any atom is 0.327 e. The van der Waals surface area contributed by atoms with Gasteiger partial charge >= 0.3 is 5.97 Å². The Morgan fingerprint density at radius 3 is 1.88 bits per heavy atom. The highest BCUT2D eigenvalue weighted by atomic mass is 32.2. The fourth-order valence-corrected chi connectivity index (χ4v) is 3.07. The van der Waals surface area contributed by atoms with Crippen LogP contribution in [0.5, 0.6) is 0 Å². The van der Waals surface area contributed by atoms with Crippen molar-refractivity contribution < 1.29 is 33.9 Å². The Labute approximate surface area is 194 Å². The molecule has 5 amide bonds. The van der Waals surface area contributed by atoms with E-state index in [1.165, 1.54) is 11.8 Å². The summed E-state index contributed by atoms with van der Waals surface area (Å²) >= 11 is 5.25. The summed E-state index contributed by atoms with van der Waals surface area (Å²) in [7, 11) is 0. The number of rotatable bonds is 16. The molecule has 15 heteroatoms. The summed E-state index contributed by atoms with van der Waals surface area (Å²) in [4.78, 5) is 70.8. The number of thioether (sulfide) groups is 1. The number of thiol groups is 1. The van der Waals surface area contributed by atoms with Crippen molar-refractivity contribution in [2.75, 3.05) is 17.8 Å². The minimum Gasteiger partial charge on any atom is -0.480 e. The Morgan fingerprint density at radius 1 is 0.875 bits per heavy atom. The second-order valence-corrected chi connectivity index (χ2v) is 8.12. The Morgan fingerprint density at radius 2 is 1.41 bits per heavy atom. The van der Waals surface area contributed by atoms with Crippen LogP contribution in [0.3, 0.4) is 0 Å². The highest BCUT2D eigenvalue weighted by molar-refractivity contribution is 7.98. The molecular formula is C17H30N6O7S2. The van der Waals surface area contributed by atoms with E-state index in [4.69, 9.17) is 22.3 Å². The maximum absolute atomic E-state index is 12.7. The van der Waals surface area contributed by atoms with Crippen molar-refractivity contribution in [3.8, 4) is 0 Å². The Balaban J connectivity index is 5.36. The lowest BCUT2D eigenvalue weighted by molar-refractivity contribution is -0.141. The van der Waals surface area contributed by atoms with E-state index >= 15 is 0 Å². The molecule has 32 heavy (non-hydrogen) atoms.